The fourth-order valence-electron chi connectivity index (χ4n) is 3.95. The highest BCUT2D eigenvalue weighted by Gasteiger charge is 2.32. The van der Waals surface area contributed by atoms with Crippen LogP contribution in [-0.4, -0.2) is 34.0 Å². The molecule has 3 rings (SSSR count). The second kappa shape index (κ2) is 13.4. The Labute approximate surface area is 234 Å². The number of halogens is 2. The second-order valence-electron chi connectivity index (χ2n) is 10.1. The number of carbonyl (C=O) groups is 2. The average molecular weight is 558 g/mol. The van der Waals surface area contributed by atoms with E-state index in [-0.39, 0.29) is 17.6 Å². The van der Waals surface area contributed by atoms with Gasteiger partial charge in [0.05, 0.1) is 15.8 Å². The van der Waals surface area contributed by atoms with Crippen LogP contribution in [0.1, 0.15) is 43.0 Å². The normalized spacial score (nSPS) is 12.2. The SMILES string of the molecule is Cc1ccccc1CN(C(=O)CSCc1ccc(Cl)c(Cl)c1)[C@@H](Cc1ccccc1)C(=O)NC(C)(C)C. The summed E-state index contributed by atoms with van der Waals surface area (Å²) in [4.78, 5) is 29.1. The largest absolute Gasteiger partial charge is 0.350 e. The number of nitrogens with one attached hydrogen (secondary N) is 1. The van der Waals surface area contributed by atoms with E-state index in [1.807, 2.05) is 94.4 Å². The zero-order valence-electron chi connectivity index (χ0n) is 21.8. The Morgan fingerprint density at radius 3 is 2.24 bits per heavy atom. The molecule has 0 fully saturated rings. The number of hydrogen-bond acceptors (Lipinski definition) is 3. The van der Waals surface area contributed by atoms with Crippen LogP contribution in [0.3, 0.4) is 0 Å². The van der Waals surface area contributed by atoms with Crippen LogP contribution in [0.2, 0.25) is 10.0 Å². The van der Waals surface area contributed by atoms with E-state index >= 15 is 0 Å². The summed E-state index contributed by atoms with van der Waals surface area (Å²) >= 11 is 13.7. The summed E-state index contributed by atoms with van der Waals surface area (Å²) in [6, 6.07) is 22.7. The van der Waals surface area contributed by atoms with Gasteiger partial charge in [-0.05, 0) is 62.1 Å². The zero-order chi connectivity index (χ0) is 27.0. The summed E-state index contributed by atoms with van der Waals surface area (Å²) in [5, 5.41) is 4.10. The minimum absolute atomic E-state index is 0.0849. The Hall–Kier alpha value is -2.47. The molecule has 196 valence electrons. The van der Waals surface area contributed by atoms with E-state index in [9.17, 15) is 9.59 Å². The molecule has 1 atom stereocenters. The fourth-order valence-corrected chi connectivity index (χ4v) is 5.12. The molecule has 0 spiro atoms. The molecule has 0 radical (unpaired) electrons. The lowest BCUT2D eigenvalue weighted by Crippen LogP contribution is -2.54. The van der Waals surface area contributed by atoms with Crippen LogP contribution in [0.5, 0.6) is 0 Å². The molecule has 4 nitrogen and oxygen atoms in total. The lowest BCUT2D eigenvalue weighted by atomic mass is 10.00. The van der Waals surface area contributed by atoms with Crippen molar-refractivity contribution in [2.75, 3.05) is 5.75 Å². The lowest BCUT2D eigenvalue weighted by molar-refractivity contribution is -0.140. The maximum Gasteiger partial charge on any atom is 0.243 e. The minimum Gasteiger partial charge on any atom is -0.350 e. The van der Waals surface area contributed by atoms with E-state index < -0.39 is 11.6 Å². The van der Waals surface area contributed by atoms with Crippen LogP contribution >= 0.6 is 35.0 Å². The van der Waals surface area contributed by atoms with Gasteiger partial charge in [-0.3, -0.25) is 9.59 Å². The van der Waals surface area contributed by atoms with E-state index in [0.29, 0.717) is 28.8 Å². The van der Waals surface area contributed by atoms with Crippen LogP contribution in [0, 0.1) is 6.92 Å². The number of benzene rings is 3. The van der Waals surface area contributed by atoms with Crippen LogP contribution < -0.4 is 5.32 Å². The summed E-state index contributed by atoms with van der Waals surface area (Å²) in [5.41, 5.74) is 3.67. The van der Waals surface area contributed by atoms with Gasteiger partial charge in [0.25, 0.3) is 0 Å². The maximum atomic E-state index is 13.7. The van der Waals surface area contributed by atoms with Crippen molar-refractivity contribution in [2.45, 2.75) is 58.0 Å². The predicted molar refractivity (Wildman–Crippen MR) is 156 cm³/mol. The van der Waals surface area contributed by atoms with Gasteiger partial charge >= 0.3 is 0 Å². The quantitative estimate of drug-likeness (QED) is 0.290. The van der Waals surface area contributed by atoms with Crippen molar-refractivity contribution in [1.82, 2.24) is 10.2 Å². The molecular weight excluding hydrogens is 523 g/mol. The van der Waals surface area contributed by atoms with Gasteiger partial charge in [-0.15, -0.1) is 11.8 Å². The highest BCUT2D eigenvalue weighted by molar-refractivity contribution is 7.99. The van der Waals surface area contributed by atoms with Crippen molar-refractivity contribution in [3.8, 4) is 0 Å². The molecule has 0 bridgehead atoms. The number of rotatable bonds is 10. The maximum absolute atomic E-state index is 13.7. The summed E-state index contributed by atoms with van der Waals surface area (Å²) in [5.74, 6) is 0.601. The van der Waals surface area contributed by atoms with Gasteiger partial charge in [0.15, 0.2) is 0 Å². The van der Waals surface area contributed by atoms with Crippen molar-refractivity contribution in [2.24, 2.45) is 0 Å². The Morgan fingerprint density at radius 1 is 0.919 bits per heavy atom. The molecule has 0 aliphatic heterocycles. The fraction of sp³-hybridized carbons (Fsp3) is 0.333. The van der Waals surface area contributed by atoms with Gasteiger partial charge in [0.2, 0.25) is 11.8 Å². The Morgan fingerprint density at radius 2 is 1.59 bits per heavy atom. The molecule has 1 N–H and O–H groups in total. The molecule has 3 aromatic carbocycles. The standard InChI is InChI=1S/C30H34Cl2N2O2S/c1-21-10-8-9-13-24(21)18-34(28(35)20-37-19-23-14-15-25(31)26(32)16-23)27(29(36)33-30(2,3)4)17-22-11-6-5-7-12-22/h5-16,27H,17-20H2,1-4H3,(H,33,36)/t27-/m0/s1. The van der Waals surface area contributed by atoms with E-state index in [1.54, 1.807) is 11.0 Å². The predicted octanol–water partition coefficient (Wildman–Crippen LogP) is 7.09. The number of thioether (sulfide) groups is 1. The molecule has 0 saturated carbocycles. The summed E-state index contributed by atoms with van der Waals surface area (Å²) < 4.78 is 0. The zero-order valence-corrected chi connectivity index (χ0v) is 24.1. The van der Waals surface area contributed by atoms with Crippen LogP contribution in [0.4, 0.5) is 0 Å². The van der Waals surface area contributed by atoms with Crippen molar-refractivity contribution in [1.29, 1.82) is 0 Å². The van der Waals surface area contributed by atoms with Crippen molar-refractivity contribution < 1.29 is 9.59 Å². The molecule has 0 aliphatic carbocycles. The van der Waals surface area contributed by atoms with Crippen molar-refractivity contribution in [3.05, 3.63) is 105 Å². The van der Waals surface area contributed by atoms with Gasteiger partial charge in [0, 0.05) is 24.3 Å². The number of nitrogens with zero attached hydrogens (tertiary/aromatic N) is 1. The van der Waals surface area contributed by atoms with Crippen LogP contribution in [-0.2, 0) is 28.3 Å². The van der Waals surface area contributed by atoms with Gasteiger partial charge < -0.3 is 10.2 Å². The van der Waals surface area contributed by atoms with E-state index in [2.05, 4.69) is 5.32 Å². The molecule has 0 aliphatic rings. The molecule has 0 saturated heterocycles. The first-order valence-electron chi connectivity index (χ1n) is 12.2. The average Bonchev–Trinajstić information content (AvgIpc) is 2.84. The molecule has 7 heteroatoms. The smallest absolute Gasteiger partial charge is 0.243 e. The summed E-state index contributed by atoms with van der Waals surface area (Å²) in [7, 11) is 0. The minimum atomic E-state index is -0.653. The van der Waals surface area contributed by atoms with E-state index in [0.717, 1.165) is 22.3 Å². The van der Waals surface area contributed by atoms with Crippen molar-refractivity contribution in [3.63, 3.8) is 0 Å². The highest BCUT2D eigenvalue weighted by Crippen LogP contribution is 2.25. The number of aryl methyl sites for hydroxylation is 1. The molecule has 0 heterocycles. The third-order valence-electron chi connectivity index (χ3n) is 5.85. The Kier molecular flexibility index (Phi) is 10.5. The first kappa shape index (κ1) is 29.1. The first-order valence-corrected chi connectivity index (χ1v) is 14.2. The third-order valence-corrected chi connectivity index (χ3v) is 7.58. The Bertz CT molecular complexity index is 1210. The van der Waals surface area contributed by atoms with E-state index in [4.69, 9.17) is 23.2 Å². The first-order chi connectivity index (χ1) is 17.5. The topological polar surface area (TPSA) is 49.4 Å². The second-order valence-corrected chi connectivity index (χ2v) is 11.9. The van der Waals surface area contributed by atoms with Gasteiger partial charge in [-0.1, -0.05) is 83.9 Å². The van der Waals surface area contributed by atoms with Crippen LogP contribution in [0.25, 0.3) is 0 Å². The highest BCUT2D eigenvalue weighted by atomic mass is 35.5. The van der Waals surface area contributed by atoms with Crippen molar-refractivity contribution >= 4 is 46.8 Å². The van der Waals surface area contributed by atoms with E-state index in [1.165, 1.54) is 11.8 Å². The van der Waals surface area contributed by atoms with Gasteiger partial charge in [-0.2, -0.15) is 0 Å². The summed E-state index contributed by atoms with van der Waals surface area (Å²) in [6.45, 7) is 8.23. The van der Waals surface area contributed by atoms with Gasteiger partial charge in [-0.25, -0.2) is 0 Å². The van der Waals surface area contributed by atoms with Gasteiger partial charge in [0.1, 0.15) is 6.04 Å². The molecular formula is C30H34Cl2N2O2S. The lowest BCUT2D eigenvalue weighted by Gasteiger charge is -2.34. The monoisotopic (exact) mass is 556 g/mol. The molecule has 37 heavy (non-hydrogen) atoms. The number of carbonyl (C=O) groups excluding carboxylic acids is 2. The molecule has 2 amide bonds. The number of hydrogen-bond donors (Lipinski definition) is 1. The summed E-state index contributed by atoms with van der Waals surface area (Å²) in [6.07, 6.45) is 0.428. The molecule has 3 aromatic rings. The third kappa shape index (κ3) is 9.10. The molecule has 0 unspecified atom stereocenters. The Balaban J connectivity index is 1.88. The number of amides is 2. The molecule has 0 aromatic heterocycles. The van der Waals surface area contributed by atoms with Crippen LogP contribution in [0.15, 0.2) is 72.8 Å².